The monoisotopic (exact) mass is 372 g/mol. The van der Waals surface area contributed by atoms with E-state index in [-0.39, 0.29) is 10.7 Å². The van der Waals surface area contributed by atoms with Crippen molar-refractivity contribution in [2.24, 2.45) is 0 Å². The number of nitrogen functional groups attached to an aromatic ring is 1. The molecule has 0 saturated heterocycles. The van der Waals surface area contributed by atoms with Crippen molar-refractivity contribution < 1.29 is 8.42 Å². The van der Waals surface area contributed by atoms with Crippen molar-refractivity contribution in [2.75, 3.05) is 5.73 Å². The summed E-state index contributed by atoms with van der Waals surface area (Å²) in [6.45, 7) is 0.744. The van der Waals surface area contributed by atoms with Crippen LogP contribution in [-0.2, 0) is 16.6 Å². The Labute approximate surface area is 130 Å². The maximum Gasteiger partial charge on any atom is 0.244 e. The maximum atomic E-state index is 12.5. The van der Waals surface area contributed by atoms with Crippen LogP contribution in [0.5, 0.6) is 0 Å². The standard InChI is InChI=1S/C11H13BrN6O2S/c12-7-4-9(10(13)14-5-7)21(19,20)17-8-2-1-3-18-11(8)15-6-16-18/h4-6,8,17H,1-3H2,(H2,13,14)/t8-/m1/s1. The molecule has 2 aromatic rings. The summed E-state index contributed by atoms with van der Waals surface area (Å²) < 4.78 is 29.9. The fourth-order valence-corrected chi connectivity index (χ4v) is 4.12. The molecule has 3 rings (SSSR count). The number of pyridine rings is 1. The average molecular weight is 373 g/mol. The maximum absolute atomic E-state index is 12.5. The molecule has 0 amide bonds. The number of hydrogen-bond acceptors (Lipinski definition) is 6. The van der Waals surface area contributed by atoms with Gasteiger partial charge < -0.3 is 5.73 Å². The molecule has 112 valence electrons. The molecule has 1 aliphatic rings. The van der Waals surface area contributed by atoms with E-state index in [9.17, 15) is 8.42 Å². The Morgan fingerprint density at radius 3 is 3.05 bits per heavy atom. The van der Waals surface area contributed by atoms with Crippen molar-refractivity contribution in [1.29, 1.82) is 0 Å². The Morgan fingerprint density at radius 1 is 1.43 bits per heavy atom. The second kappa shape index (κ2) is 5.35. The summed E-state index contributed by atoms with van der Waals surface area (Å²) >= 11 is 3.20. The van der Waals surface area contributed by atoms with E-state index in [1.54, 1.807) is 4.68 Å². The fraction of sp³-hybridized carbons (Fsp3) is 0.364. The summed E-state index contributed by atoms with van der Waals surface area (Å²) in [6, 6.07) is 1.02. The highest BCUT2D eigenvalue weighted by Crippen LogP contribution is 2.26. The van der Waals surface area contributed by atoms with Crippen LogP contribution < -0.4 is 10.5 Å². The zero-order valence-electron chi connectivity index (χ0n) is 10.9. The van der Waals surface area contributed by atoms with E-state index < -0.39 is 16.1 Å². The molecule has 21 heavy (non-hydrogen) atoms. The van der Waals surface area contributed by atoms with Crippen molar-refractivity contribution in [3.05, 3.63) is 28.9 Å². The first-order valence-corrected chi connectivity index (χ1v) is 8.56. The number of nitrogens with one attached hydrogen (secondary N) is 1. The van der Waals surface area contributed by atoms with E-state index >= 15 is 0 Å². The van der Waals surface area contributed by atoms with Gasteiger partial charge in [-0.05, 0) is 34.8 Å². The molecule has 3 heterocycles. The number of aryl methyl sites for hydroxylation is 1. The van der Waals surface area contributed by atoms with Crippen LogP contribution in [0.1, 0.15) is 24.7 Å². The van der Waals surface area contributed by atoms with Crippen LogP contribution in [0.2, 0.25) is 0 Å². The van der Waals surface area contributed by atoms with Crippen molar-refractivity contribution in [2.45, 2.75) is 30.3 Å². The van der Waals surface area contributed by atoms with Crippen LogP contribution in [0.3, 0.4) is 0 Å². The minimum absolute atomic E-state index is 0.0389. The molecular weight excluding hydrogens is 360 g/mol. The van der Waals surface area contributed by atoms with E-state index in [1.807, 2.05) is 0 Å². The van der Waals surface area contributed by atoms with Gasteiger partial charge in [0.1, 0.15) is 22.9 Å². The van der Waals surface area contributed by atoms with Gasteiger partial charge in [-0.2, -0.15) is 5.10 Å². The van der Waals surface area contributed by atoms with Gasteiger partial charge in [0.05, 0.1) is 6.04 Å². The Kier molecular flexibility index (Phi) is 3.68. The first kappa shape index (κ1) is 14.4. The molecule has 1 aliphatic heterocycles. The van der Waals surface area contributed by atoms with Gasteiger partial charge in [0, 0.05) is 17.2 Å². The highest BCUT2D eigenvalue weighted by molar-refractivity contribution is 9.10. The predicted molar refractivity (Wildman–Crippen MR) is 78.7 cm³/mol. The number of rotatable bonds is 3. The molecule has 0 aromatic carbocycles. The zero-order chi connectivity index (χ0) is 15.0. The Morgan fingerprint density at radius 2 is 2.24 bits per heavy atom. The van der Waals surface area contributed by atoms with Crippen molar-refractivity contribution in [3.63, 3.8) is 0 Å². The van der Waals surface area contributed by atoms with E-state index in [4.69, 9.17) is 5.73 Å². The van der Waals surface area contributed by atoms with Crippen molar-refractivity contribution in [1.82, 2.24) is 24.5 Å². The molecule has 10 heteroatoms. The van der Waals surface area contributed by atoms with Gasteiger partial charge in [0.15, 0.2) is 0 Å². The predicted octanol–water partition coefficient (Wildman–Crippen LogP) is 0.831. The van der Waals surface area contributed by atoms with Crippen LogP contribution in [0.25, 0.3) is 0 Å². The number of nitrogens with two attached hydrogens (primary N) is 1. The number of aromatic nitrogens is 4. The number of fused-ring (bicyclic) bond motifs is 1. The minimum Gasteiger partial charge on any atom is -0.383 e. The molecule has 3 N–H and O–H groups in total. The molecule has 0 unspecified atom stereocenters. The molecule has 1 atom stereocenters. The number of nitrogens with zero attached hydrogens (tertiary/aromatic N) is 4. The van der Waals surface area contributed by atoms with Gasteiger partial charge in [-0.1, -0.05) is 0 Å². The van der Waals surface area contributed by atoms with Gasteiger partial charge in [0.2, 0.25) is 10.0 Å². The second-order valence-electron chi connectivity index (χ2n) is 4.69. The number of hydrogen-bond donors (Lipinski definition) is 2. The topological polar surface area (TPSA) is 116 Å². The lowest BCUT2D eigenvalue weighted by Gasteiger charge is -2.23. The minimum atomic E-state index is -3.78. The number of anilines is 1. The molecule has 0 radical (unpaired) electrons. The lowest BCUT2D eigenvalue weighted by atomic mass is 10.1. The van der Waals surface area contributed by atoms with Gasteiger partial charge in [0.25, 0.3) is 0 Å². The van der Waals surface area contributed by atoms with Crippen LogP contribution in [0, 0.1) is 0 Å². The van der Waals surface area contributed by atoms with E-state index in [2.05, 4.69) is 35.7 Å². The summed E-state index contributed by atoms with van der Waals surface area (Å²) in [5.41, 5.74) is 5.67. The fourth-order valence-electron chi connectivity index (χ4n) is 2.30. The molecule has 0 aliphatic carbocycles. The van der Waals surface area contributed by atoms with Gasteiger partial charge in [-0.15, -0.1) is 0 Å². The third-order valence-electron chi connectivity index (χ3n) is 3.26. The summed E-state index contributed by atoms with van der Waals surface area (Å²) in [5, 5.41) is 4.07. The van der Waals surface area contributed by atoms with E-state index in [0.29, 0.717) is 16.7 Å². The highest BCUT2D eigenvalue weighted by atomic mass is 79.9. The quantitative estimate of drug-likeness (QED) is 0.824. The summed E-state index contributed by atoms with van der Waals surface area (Å²) in [7, 11) is -3.78. The highest BCUT2D eigenvalue weighted by Gasteiger charge is 2.29. The molecule has 0 spiro atoms. The van der Waals surface area contributed by atoms with Gasteiger partial charge >= 0.3 is 0 Å². The Bertz CT molecular complexity index is 775. The number of halogens is 1. The molecule has 0 saturated carbocycles. The first-order valence-electron chi connectivity index (χ1n) is 6.28. The van der Waals surface area contributed by atoms with E-state index in [1.165, 1.54) is 18.6 Å². The molecular formula is C11H13BrN6O2S. The second-order valence-corrected chi connectivity index (χ2v) is 7.29. The van der Waals surface area contributed by atoms with Gasteiger partial charge in [-0.25, -0.2) is 27.8 Å². The normalized spacial score (nSPS) is 18.4. The lowest BCUT2D eigenvalue weighted by Crippen LogP contribution is -2.33. The van der Waals surface area contributed by atoms with E-state index in [0.717, 1.165) is 13.0 Å². The lowest BCUT2D eigenvalue weighted by molar-refractivity contribution is 0.400. The SMILES string of the molecule is Nc1ncc(Br)cc1S(=O)(=O)N[C@@H]1CCCn2ncnc21. The summed E-state index contributed by atoms with van der Waals surface area (Å²) in [6.07, 6.45) is 4.37. The third-order valence-corrected chi connectivity index (χ3v) is 5.19. The van der Waals surface area contributed by atoms with Crippen LogP contribution in [0.4, 0.5) is 5.82 Å². The zero-order valence-corrected chi connectivity index (χ0v) is 13.3. The molecule has 0 bridgehead atoms. The Balaban J connectivity index is 1.93. The van der Waals surface area contributed by atoms with Crippen molar-refractivity contribution in [3.8, 4) is 0 Å². The van der Waals surface area contributed by atoms with Crippen LogP contribution >= 0.6 is 15.9 Å². The summed E-state index contributed by atoms with van der Waals surface area (Å²) in [5.74, 6) is 0.578. The van der Waals surface area contributed by atoms with Crippen LogP contribution in [0.15, 0.2) is 28.0 Å². The molecule has 8 nitrogen and oxygen atoms in total. The van der Waals surface area contributed by atoms with Crippen molar-refractivity contribution >= 4 is 31.8 Å². The largest absolute Gasteiger partial charge is 0.383 e. The smallest absolute Gasteiger partial charge is 0.244 e. The van der Waals surface area contributed by atoms with Gasteiger partial charge in [-0.3, -0.25) is 0 Å². The molecule has 2 aromatic heterocycles. The molecule has 0 fully saturated rings. The Hall–Kier alpha value is -1.52. The first-order chi connectivity index (χ1) is 9.97. The van der Waals surface area contributed by atoms with Crippen LogP contribution in [-0.4, -0.2) is 28.2 Å². The third kappa shape index (κ3) is 2.78. The average Bonchev–Trinajstić information content (AvgIpc) is 2.90. The summed E-state index contributed by atoms with van der Waals surface area (Å²) in [4.78, 5) is 7.93. The number of sulfonamides is 1.